The monoisotopic (exact) mass is 474 g/mol. The molecule has 1 unspecified atom stereocenters. The fraction of sp³-hybridized carbons (Fsp3) is 0.208. The molecule has 6 heterocycles. The third-order valence-electron chi connectivity index (χ3n) is 6.15. The van der Waals surface area contributed by atoms with Gasteiger partial charge in [0, 0.05) is 42.3 Å². The Bertz CT molecular complexity index is 1510. The van der Waals surface area contributed by atoms with Gasteiger partial charge in [-0.1, -0.05) is 0 Å². The van der Waals surface area contributed by atoms with Gasteiger partial charge >= 0.3 is 0 Å². The standard InChI is InChI=1S/C24H20F2N8O/c1-35-22-7-4-15(11-27-22)16-12-28-34(14-16)19-13-29-33-10-8-21(31-24(19)33)32-9-2-3-18(32)23-17(25)5-6-20(26)30-23/h4-8,10-14,18H,2-3,9H2,1H3. The molecule has 0 N–H and O–H groups in total. The second kappa shape index (κ2) is 8.42. The maximum atomic E-state index is 14.5. The summed E-state index contributed by atoms with van der Waals surface area (Å²) < 4.78 is 36.7. The molecule has 35 heavy (non-hydrogen) atoms. The Balaban J connectivity index is 1.35. The van der Waals surface area contributed by atoms with Gasteiger partial charge in [-0.15, -0.1) is 0 Å². The first-order chi connectivity index (χ1) is 17.1. The van der Waals surface area contributed by atoms with Crippen molar-refractivity contribution in [3.63, 3.8) is 0 Å². The number of ether oxygens (including phenoxy) is 1. The first-order valence-electron chi connectivity index (χ1n) is 11.1. The predicted molar refractivity (Wildman–Crippen MR) is 123 cm³/mol. The van der Waals surface area contributed by atoms with Crippen molar-refractivity contribution in [2.24, 2.45) is 0 Å². The highest BCUT2D eigenvalue weighted by molar-refractivity contribution is 5.65. The smallest absolute Gasteiger partial charge is 0.213 e. The van der Waals surface area contributed by atoms with E-state index in [1.165, 1.54) is 0 Å². The van der Waals surface area contributed by atoms with E-state index in [4.69, 9.17) is 9.72 Å². The number of pyridine rings is 2. The molecule has 0 spiro atoms. The van der Waals surface area contributed by atoms with E-state index in [0.717, 1.165) is 29.7 Å². The van der Waals surface area contributed by atoms with Crippen molar-refractivity contribution in [3.8, 4) is 22.7 Å². The van der Waals surface area contributed by atoms with Crippen LogP contribution in [0.1, 0.15) is 24.6 Å². The van der Waals surface area contributed by atoms with E-state index < -0.39 is 17.8 Å². The molecule has 1 fully saturated rings. The van der Waals surface area contributed by atoms with Crippen molar-refractivity contribution in [3.05, 3.63) is 78.8 Å². The summed E-state index contributed by atoms with van der Waals surface area (Å²) in [6, 6.07) is 7.27. The lowest BCUT2D eigenvalue weighted by Gasteiger charge is -2.25. The average molecular weight is 474 g/mol. The van der Waals surface area contributed by atoms with Crippen LogP contribution in [-0.2, 0) is 0 Å². The van der Waals surface area contributed by atoms with Crippen molar-refractivity contribution >= 4 is 11.5 Å². The number of halogens is 2. The van der Waals surface area contributed by atoms with Gasteiger partial charge in [0.2, 0.25) is 11.8 Å². The van der Waals surface area contributed by atoms with E-state index in [2.05, 4.69) is 20.2 Å². The van der Waals surface area contributed by atoms with Crippen LogP contribution in [0.2, 0.25) is 0 Å². The lowest BCUT2D eigenvalue weighted by atomic mass is 10.1. The van der Waals surface area contributed by atoms with E-state index in [9.17, 15) is 8.78 Å². The van der Waals surface area contributed by atoms with Crippen LogP contribution >= 0.6 is 0 Å². The van der Waals surface area contributed by atoms with E-state index in [1.54, 1.807) is 47.2 Å². The van der Waals surface area contributed by atoms with Crippen LogP contribution in [0.3, 0.4) is 0 Å². The van der Waals surface area contributed by atoms with Crippen molar-refractivity contribution in [2.45, 2.75) is 18.9 Å². The molecule has 0 saturated carbocycles. The maximum Gasteiger partial charge on any atom is 0.213 e. The summed E-state index contributed by atoms with van der Waals surface area (Å²) in [5.74, 6) is -0.0456. The van der Waals surface area contributed by atoms with Crippen LogP contribution in [0.25, 0.3) is 22.5 Å². The molecular weight excluding hydrogens is 454 g/mol. The largest absolute Gasteiger partial charge is 0.481 e. The number of methoxy groups -OCH3 is 1. The predicted octanol–water partition coefficient (Wildman–Crippen LogP) is 4.00. The number of anilines is 1. The van der Waals surface area contributed by atoms with E-state index in [-0.39, 0.29) is 5.69 Å². The molecule has 6 rings (SSSR count). The highest BCUT2D eigenvalue weighted by atomic mass is 19.1. The minimum atomic E-state index is -0.698. The summed E-state index contributed by atoms with van der Waals surface area (Å²) in [6.07, 6.45) is 10.3. The molecule has 0 aromatic carbocycles. The molecule has 176 valence electrons. The Morgan fingerprint density at radius 3 is 2.71 bits per heavy atom. The second-order valence-corrected chi connectivity index (χ2v) is 8.20. The molecule has 9 nitrogen and oxygen atoms in total. The molecule has 0 aliphatic carbocycles. The normalized spacial score (nSPS) is 15.7. The Morgan fingerprint density at radius 2 is 1.89 bits per heavy atom. The van der Waals surface area contributed by atoms with Crippen LogP contribution < -0.4 is 9.64 Å². The fourth-order valence-electron chi connectivity index (χ4n) is 4.44. The molecular formula is C24H20F2N8O. The van der Waals surface area contributed by atoms with Crippen LogP contribution in [0.5, 0.6) is 5.88 Å². The Hall–Kier alpha value is -4.41. The lowest BCUT2D eigenvalue weighted by Crippen LogP contribution is -2.25. The third kappa shape index (κ3) is 3.74. The topological polar surface area (TPSA) is 86.3 Å². The van der Waals surface area contributed by atoms with Crippen molar-refractivity contribution in [1.82, 2.24) is 34.3 Å². The summed E-state index contributed by atoms with van der Waals surface area (Å²) in [5, 5.41) is 8.88. The quantitative estimate of drug-likeness (QED) is 0.356. The molecule has 0 radical (unpaired) electrons. The van der Waals surface area contributed by atoms with E-state index in [1.807, 2.05) is 23.2 Å². The van der Waals surface area contributed by atoms with Crippen molar-refractivity contribution in [1.29, 1.82) is 0 Å². The van der Waals surface area contributed by atoms with Gasteiger partial charge in [-0.2, -0.15) is 14.6 Å². The third-order valence-corrected chi connectivity index (χ3v) is 6.15. The van der Waals surface area contributed by atoms with Gasteiger partial charge in [0.1, 0.15) is 23.0 Å². The van der Waals surface area contributed by atoms with E-state index in [0.29, 0.717) is 36.0 Å². The molecule has 0 bridgehead atoms. The first kappa shape index (κ1) is 21.1. The minimum absolute atomic E-state index is 0.0997. The van der Waals surface area contributed by atoms with Gasteiger partial charge in [-0.3, -0.25) is 0 Å². The second-order valence-electron chi connectivity index (χ2n) is 8.20. The van der Waals surface area contributed by atoms with Gasteiger partial charge in [-0.05, 0) is 37.1 Å². The van der Waals surface area contributed by atoms with Crippen molar-refractivity contribution in [2.75, 3.05) is 18.6 Å². The molecule has 5 aromatic heterocycles. The Labute approximate surface area is 198 Å². The highest BCUT2D eigenvalue weighted by Crippen LogP contribution is 2.36. The molecule has 1 aliphatic rings. The summed E-state index contributed by atoms with van der Waals surface area (Å²) in [4.78, 5) is 14.9. The van der Waals surface area contributed by atoms with Gasteiger partial charge in [0.15, 0.2) is 5.65 Å². The number of hydrogen-bond acceptors (Lipinski definition) is 7. The number of hydrogen-bond donors (Lipinski definition) is 0. The van der Waals surface area contributed by atoms with Gasteiger partial charge in [-0.25, -0.2) is 28.5 Å². The van der Waals surface area contributed by atoms with Gasteiger partial charge in [0.25, 0.3) is 0 Å². The van der Waals surface area contributed by atoms with Gasteiger partial charge < -0.3 is 9.64 Å². The minimum Gasteiger partial charge on any atom is -0.481 e. The van der Waals surface area contributed by atoms with Crippen LogP contribution in [0.4, 0.5) is 14.6 Å². The van der Waals surface area contributed by atoms with Crippen LogP contribution in [0, 0.1) is 11.8 Å². The average Bonchev–Trinajstić information content (AvgIpc) is 3.64. The number of nitrogens with zero attached hydrogens (tertiary/aromatic N) is 8. The zero-order valence-electron chi connectivity index (χ0n) is 18.7. The van der Waals surface area contributed by atoms with Crippen molar-refractivity contribution < 1.29 is 13.5 Å². The molecule has 11 heteroatoms. The lowest BCUT2D eigenvalue weighted by molar-refractivity contribution is 0.398. The molecule has 5 aromatic rings. The molecule has 1 saturated heterocycles. The fourth-order valence-corrected chi connectivity index (χ4v) is 4.44. The number of fused-ring (bicyclic) bond motifs is 1. The number of rotatable bonds is 5. The maximum absolute atomic E-state index is 14.5. The Kier molecular flexibility index (Phi) is 5.09. The van der Waals surface area contributed by atoms with Gasteiger partial charge in [0.05, 0.1) is 25.5 Å². The summed E-state index contributed by atoms with van der Waals surface area (Å²) in [5.41, 5.74) is 3.14. The Morgan fingerprint density at radius 1 is 0.971 bits per heavy atom. The summed E-state index contributed by atoms with van der Waals surface area (Å²) in [7, 11) is 1.57. The zero-order chi connectivity index (χ0) is 23.9. The highest BCUT2D eigenvalue weighted by Gasteiger charge is 2.31. The van der Waals surface area contributed by atoms with Crippen LogP contribution in [0.15, 0.2) is 61.3 Å². The molecule has 0 amide bonds. The van der Waals surface area contributed by atoms with Crippen LogP contribution in [-0.4, -0.2) is 48.0 Å². The first-order valence-corrected chi connectivity index (χ1v) is 11.1. The summed E-state index contributed by atoms with van der Waals surface area (Å²) in [6.45, 7) is 0.658. The zero-order valence-corrected chi connectivity index (χ0v) is 18.7. The number of aromatic nitrogens is 7. The van der Waals surface area contributed by atoms with E-state index >= 15 is 0 Å². The molecule has 1 atom stereocenters. The molecule has 1 aliphatic heterocycles. The summed E-state index contributed by atoms with van der Waals surface area (Å²) >= 11 is 0. The SMILES string of the molecule is COc1ccc(-c2cnn(-c3cnn4ccc(N5CCCC5c5nc(F)ccc5F)nc34)c2)cn1.